The first-order valence-electron chi connectivity index (χ1n) is 7.82. The minimum atomic E-state index is 0.0466. The van der Waals surface area contributed by atoms with Crippen LogP contribution in [-0.2, 0) is 6.54 Å². The number of benzene rings is 1. The SMILES string of the molecule is CCN1CCCN(Cc2cc3ccccc3[nH]c2=O)CC1. The molecule has 0 radical (unpaired) electrons. The Labute approximate surface area is 125 Å². The second-order valence-electron chi connectivity index (χ2n) is 5.77. The first-order valence-corrected chi connectivity index (χ1v) is 7.82. The fourth-order valence-electron chi connectivity index (χ4n) is 3.05. The number of nitrogens with zero attached hydrogens (tertiary/aromatic N) is 2. The molecule has 0 bridgehead atoms. The fraction of sp³-hybridized carbons (Fsp3) is 0.471. The van der Waals surface area contributed by atoms with Gasteiger partial charge < -0.3 is 9.88 Å². The number of pyridine rings is 1. The summed E-state index contributed by atoms with van der Waals surface area (Å²) in [6, 6.07) is 10.00. The van der Waals surface area contributed by atoms with E-state index in [4.69, 9.17) is 0 Å². The zero-order chi connectivity index (χ0) is 14.7. The highest BCUT2D eigenvalue weighted by molar-refractivity contribution is 5.78. The minimum absolute atomic E-state index is 0.0466. The molecule has 2 aromatic rings. The smallest absolute Gasteiger partial charge is 0.252 e. The Hall–Kier alpha value is -1.65. The highest BCUT2D eigenvalue weighted by Crippen LogP contribution is 2.12. The third-order valence-electron chi connectivity index (χ3n) is 4.35. The first-order chi connectivity index (χ1) is 10.3. The Morgan fingerprint density at radius 1 is 1.10 bits per heavy atom. The molecule has 1 N–H and O–H groups in total. The van der Waals surface area contributed by atoms with Crippen LogP contribution < -0.4 is 5.56 Å². The summed E-state index contributed by atoms with van der Waals surface area (Å²) in [6.45, 7) is 8.46. The van der Waals surface area contributed by atoms with Crippen molar-refractivity contribution in [3.05, 3.63) is 46.2 Å². The summed E-state index contributed by atoms with van der Waals surface area (Å²) >= 11 is 0. The Bertz CT molecular complexity index is 664. The first kappa shape index (κ1) is 14.3. The van der Waals surface area contributed by atoms with Crippen LogP contribution in [0.3, 0.4) is 0 Å². The summed E-state index contributed by atoms with van der Waals surface area (Å²) in [4.78, 5) is 20.1. The summed E-state index contributed by atoms with van der Waals surface area (Å²) in [5.74, 6) is 0. The molecular weight excluding hydrogens is 262 g/mol. The highest BCUT2D eigenvalue weighted by atomic mass is 16.1. The number of nitrogens with one attached hydrogen (secondary N) is 1. The summed E-state index contributed by atoms with van der Waals surface area (Å²) in [6.07, 6.45) is 1.18. The highest BCUT2D eigenvalue weighted by Gasteiger charge is 2.15. The van der Waals surface area contributed by atoms with Crippen LogP contribution in [0.25, 0.3) is 10.9 Å². The van der Waals surface area contributed by atoms with Gasteiger partial charge in [0, 0.05) is 30.7 Å². The number of rotatable bonds is 3. The zero-order valence-electron chi connectivity index (χ0n) is 12.6. The fourth-order valence-corrected chi connectivity index (χ4v) is 3.05. The Kier molecular flexibility index (Phi) is 4.36. The van der Waals surface area contributed by atoms with Crippen LogP contribution in [0.15, 0.2) is 35.1 Å². The van der Waals surface area contributed by atoms with Gasteiger partial charge in [0.1, 0.15) is 0 Å². The molecule has 0 amide bonds. The molecule has 1 saturated heterocycles. The van der Waals surface area contributed by atoms with Gasteiger partial charge in [-0.1, -0.05) is 25.1 Å². The molecule has 1 fully saturated rings. The largest absolute Gasteiger partial charge is 0.322 e. The lowest BCUT2D eigenvalue weighted by Crippen LogP contribution is -2.31. The van der Waals surface area contributed by atoms with E-state index in [9.17, 15) is 4.79 Å². The van der Waals surface area contributed by atoms with E-state index >= 15 is 0 Å². The normalized spacial score (nSPS) is 18.0. The lowest BCUT2D eigenvalue weighted by molar-refractivity contribution is 0.257. The Morgan fingerprint density at radius 2 is 1.86 bits per heavy atom. The molecule has 0 unspecified atom stereocenters. The molecule has 1 aromatic heterocycles. The quantitative estimate of drug-likeness (QED) is 0.938. The third kappa shape index (κ3) is 3.34. The van der Waals surface area contributed by atoms with Crippen LogP contribution >= 0.6 is 0 Å². The van der Waals surface area contributed by atoms with Crippen LogP contribution in [0.5, 0.6) is 0 Å². The molecule has 1 aliphatic rings. The molecule has 2 heterocycles. The lowest BCUT2D eigenvalue weighted by atomic mass is 10.1. The van der Waals surface area contributed by atoms with Crippen molar-refractivity contribution in [2.45, 2.75) is 19.9 Å². The Balaban J connectivity index is 1.78. The van der Waals surface area contributed by atoms with Crippen LogP contribution in [0.2, 0.25) is 0 Å². The number of fused-ring (bicyclic) bond motifs is 1. The monoisotopic (exact) mass is 285 g/mol. The number of hydrogen-bond acceptors (Lipinski definition) is 3. The van der Waals surface area contributed by atoms with Crippen LogP contribution in [-0.4, -0.2) is 47.5 Å². The van der Waals surface area contributed by atoms with Gasteiger partial charge in [-0.15, -0.1) is 0 Å². The van der Waals surface area contributed by atoms with Crippen molar-refractivity contribution in [3.8, 4) is 0 Å². The Morgan fingerprint density at radius 3 is 2.71 bits per heavy atom. The summed E-state index contributed by atoms with van der Waals surface area (Å²) < 4.78 is 0. The van der Waals surface area contributed by atoms with Gasteiger partial charge in [-0.25, -0.2) is 0 Å². The van der Waals surface area contributed by atoms with Crippen molar-refractivity contribution in [2.75, 3.05) is 32.7 Å². The van der Waals surface area contributed by atoms with Gasteiger partial charge in [0.15, 0.2) is 0 Å². The maximum atomic E-state index is 12.2. The topological polar surface area (TPSA) is 39.3 Å². The molecular formula is C17H23N3O. The molecule has 1 aromatic carbocycles. The lowest BCUT2D eigenvalue weighted by Gasteiger charge is -2.20. The van der Waals surface area contributed by atoms with Crippen molar-refractivity contribution >= 4 is 10.9 Å². The van der Waals surface area contributed by atoms with Crippen molar-refractivity contribution in [1.29, 1.82) is 0 Å². The van der Waals surface area contributed by atoms with E-state index in [2.05, 4.69) is 27.8 Å². The van der Waals surface area contributed by atoms with E-state index in [0.717, 1.165) is 49.2 Å². The maximum absolute atomic E-state index is 12.2. The van der Waals surface area contributed by atoms with Gasteiger partial charge in [-0.2, -0.15) is 0 Å². The maximum Gasteiger partial charge on any atom is 0.252 e. The van der Waals surface area contributed by atoms with Crippen molar-refractivity contribution in [1.82, 2.24) is 14.8 Å². The van der Waals surface area contributed by atoms with Crippen LogP contribution in [0, 0.1) is 0 Å². The predicted octanol–water partition coefficient (Wildman–Crippen LogP) is 2.06. The minimum Gasteiger partial charge on any atom is -0.322 e. The average Bonchev–Trinajstić information content (AvgIpc) is 2.73. The number of hydrogen-bond donors (Lipinski definition) is 1. The van der Waals surface area contributed by atoms with Gasteiger partial charge >= 0.3 is 0 Å². The second kappa shape index (κ2) is 6.41. The molecule has 21 heavy (non-hydrogen) atoms. The van der Waals surface area contributed by atoms with Gasteiger partial charge in [0.2, 0.25) is 0 Å². The van der Waals surface area contributed by atoms with Gasteiger partial charge in [-0.3, -0.25) is 9.69 Å². The summed E-state index contributed by atoms with van der Waals surface area (Å²) in [7, 11) is 0. The average molecular weight is 285 g/mol. The molecule has 3 rings (SSSR count). The number of aromatic nitrogens is 1. The van der Waals surface area contributed by atoms with E-state index in [1.807, 2.05) is 24.3 Å². The molecule has 4 heteroatoms. The van der Waals surface area contributed by atoms with E-state index < -0.39 is 0 Å². The van der Waals surface area contributed by atoms with E-state index in [1.54, 1.807) is 0 Å². The predicted molar refractivity (Wildman–Crippen MR) is 86.6 cm³/mol. The molecule has 112 valence electrons. The van der Waals surface area contributed by atoms with Crippen LogP contribution in [0.1, 0.15) is 18.9 Å². The second-order valence-corrected chi connectivity index (χ2v) is 5.77. The standard InChI is InChI=1S/C17H23N3O/c1-2-19-8-5-9-20(11-10-19)13-15-12-14-6-3-4-7-16(14)18-17(15)21/h3-4,6-7,12H,2,5,8-11,13H2,1H3,(H,18,21). The van der Waals surface area contributed by atoms with Crippen LogP contribution in [0.4, 0.5) is 0 Å². The zero-order valence-corrected chi connectivity index (χ0v) is 12.6. The molecule has 0 spiro atoms. The van der Waals surface area contributed by atoms with Crippen molar-refractivity contribution in [3.63, 3.8) is 0 Å². The van der Waals surface area contributed by atoms with E-state index in [1.165, 1.54) is 13.0 Å². The molecule has 0 atom stereocenters. The summed E-state index contributed by atoms with van der Waals surface area (Å²) in [5.41, 5.74) is 1.84. The van der Waals surface area contributed by atoms with Gasteiger partial charge in [0.25, 0.3) is 5.56 Å². The van der Waals surface area contributed by atoms with E-state index in [0.29, 0.717) is 0 Å². The summed E-state index contributed by atoms with van der Waals surface area (Å²) in [5, 5.41) is 1.11. The number of H-pyrrole nitrogens is 1. The third-order valence-corrected chi connectivity index (χ3v) is 4.35. The van der Waals surface area contributed by atoms with Gasteiger partial charge in [-0.05, 0) is 43.6 Å². The van der Waals surface area contributed by atoms with Crippen molar-refractivity contribution in [2.24, 2.45) is 0 Å². The molecule has 4 nitrogen and oxygen atoms in total. The van der Waals surface area contributed by atoms with Gasteiger partial charge in [0.05, 0.1) is 0 Å². The number of aromatic amines is 1. The molecule has 1 aliphatic heterocycles. The molecule has 0 aliphatic carbocycles. The van der Waals surface area contributed by atoms with E-state index in [-0.39, 0.29) is 5.56 Å². The number of likely N-dealkylation sites (N-methyl/N-ethyl adjacent to an activating group) is 1. The van der Waals surface area contributed by atoms with Crippen molar-refractivity contribution < 1.29 is 0 Å². The molecule has 0 saturated carbocycles. The number of para-hydroxylation sites is 1.